The topological polar surface area (TPSA) is 123 Å². The van der Waals surface area contributed by atoms with E-state index in [2.05, 4.69) is 16.1 Å². The molecule has 3 heterocycles. The third kappa shape index (κ3) is 4.58. The van der Waals surface area contributed by atoms with Crippen molar-refractivity contribution in [1.29, 1.82) is 0 Å². The van der Waals surface area contributed by atoms with Crippen LogP contribution in [-0.4, -0.2) is 54.8 Å². The Balaban J connectivity index is 1.47. The van der Waals surface area contributed by atoms with Crippen LogP contribution in [0.15, 0.2) is 42.5 Å². The Labute approximate surface area is 214 Å². The van der Waals surface area contributed by atoms with Gasteiger partial charge in [-0.25, -0.2) is 14.4 Å². The molecule has 3 aliphatic heterocycles. The zero-order valence-corrected chi connectivity index (χ0v) is 20.0. The first-order valence-electron chi connectivity index (χ1n) is 11.7. The number of nitrogens with one attached hydrogen (secondary N) is 3. The van der Waals surface area contributed by atoms with Gasteiger partial charge in [0.05, 0.1) is 18.0 Å². The number of urea groups is 2. The lowest BCUT2D eigenvalue weighted by atomic mass is 9.98. The number of hydroxylamine groups is 1. The van der Waals surface area contributed by atoms with Crippen LogP contribution in [0.2, 0.25) is 0 Å². The molecule has 2 unspecified atom stereocenters. The largest absolute Gasteiger partial charge is 0.427 e. The van der Waals surface area contributed by atoms with Crippen molar-refractivity contribution in [2.75, 3.05) is 29.4 Å². The molecule has 11 nitrogen and oxygen atoms in total. The van der Waals surface area contributed by atoms with E-state index in [-0.39, 0.29) is 23.7 Å². The summed E-state index contributed by atoms with van der Waals surface area (Å²) in [6, 6.07) is 9.12. The average molecular weight is 532 g/mol. The molecule has 2 aromatic carbocycles. The second kappa shape index (κ2) is 9.52. The van der Waals surface area contributed by atoms with Gasteiger partial charge in [-0.15, -0.1) is 5.48 Å². The summed E-state index contributed by atoms with van der Waals surface area (Å²) in [5, 5.41) is 5.16. The zero-order valence-electron chi connectivity index (χ0n) is 20.0. The fraction of sp³-hybridized carbons (Fsp3) is 0.333. The predicted octanol–water partition coefficient (Wildman–Crippen LogP) is 2.70. The molecule has 2 atom stereocenters. The second-order valence-electron chi connectivity index (χ2n) is 9.04. The first-order valence-corrected chi connectivity index (χ1v) is 11.7. The maximum Gasteiger partial charge on any atom is 0.427 e. The van der Waals surface area contributed by atoms with E-state index in [1.165, 1.54) is 28.9 Å². The number of amides is 6. The van der Waals surface area contributed by atoms with Crippen molar-refractivity contribution in [3.63, 3.8) is 0 Å². The van der Waals surface area contributed by atoms with E-state index in [4.69, 9.17) is 4.84 Å². The molecule has 3 fully saturated rings. The van der Waals surface area contributed by atoms with E-state index < -0.39 is 48.4 Å². The third-order valence-corrected chi connectivity index (χ3v) is 6.79. The molecule has 6 amide bonds. The van der Waals surface area contributed by atoms with Gasteiger partial charge < -0.3 is 15.5 Å². The number of benzene rings is 2. The molecule has 3 aliphatic rings. The highest BCUT2D eigenvalue weighted by molar-refractivity contribution is 6.07. The number of nitrogens with zero attached hydrogens (tertiary/aromatic N) is 3. The summed E-state index contributed by atoms with van der Waals surface area (Å²) in [5.74, 6) is -1.69. The van der Waals surface area contributed by atoms with Gasteiger partial charge in [-0.3, -0.25) is 19.5 Å². The van der Waals surface area contributed by atoms with Crippen LogP contribution < -0.4 is 25.9 Å². The molecule has 14 heteroatoms. The Bertz CT molecular complexity index is 1300. The normalized spacial score (nSPS) is 22.1. The highest BCUT2D eigenvalue weighted by Gasteiger charge is 2.46. The lowest BCUT2D eigenvalue weighted by Gasteiger charge is -2.40. The minimum Gasteiger partial charge on any atom is -0.352 e. The van der Waals surface area contributed by atoms with Gasteiger partial charge in [-0.05, 0) is 48.4 Å². The number of imide groups is 1. The minimum atomic E-state index is -4.60. The SMILES string of the molecule is Cc1c(CN2C(=O)C(C3NOC(=O)N3)CN(c3ccc(N4CCNC4=O)cc3)C2=O)cccc1C(F)(F)F. The molecule has 0 saturated carbocycles. The maximum absolute atomic E-state index is 13.5. The zero-order chi connectivity index (χ0) is 27.2. The number of anilines is 2. The highest BCUT2D eigenvalue weighted by Crippen LogP contribution is 2.34. The Morgan fingerprint density at radius 2 is 1.68 bits per heavy atom. The lowest BCUT2D eigenvalue weighted by Crippen LogP contribution is -2.62. The van der Waals surface area contributed by atoms with E-state index in [9.17, 15) is 32.3 Å². The number of carbonyl (C=O) groups excluding carboxylic acids is 4. The smallest absolute Gasteiger partial charge is 0.352 e. The maximum atomic E-state index is 13.5. The van der Waals surface area contributed by atoms with Gasteiger partial charge in [0.25, 0.3) is 0 Å². The summed E-state index contributed by atoms with van der Waals surface area (Å²) < 4.78 is 40.4. The Hall–Kier alpha value is -4.33. The lowest BCUT2D eigenvalue weighted by molar-refractivity contribution is -0.138. The standard InChI is InChI=1S/C24H23F3N6O5/c1-13-14(3-2-4-18(13)24(25,26)27)11-33-20(34)17(19-29-22(36)38-30-19)12-32(23(33)37)16-7-5-15(6-8-16)31-10-9-28-21(31)35/h2-8,17,19,30H,9-12H2,1H3,(H,28,35)(H,29,36). The highest BCUT2D eigenvalue weighted by atomic mass is 19.4. The first kappa shape index (κ1) is 25.3. The van der Waals surface area contributed by atoms with Crippen molar-refractivity contribution in [3.05, 3.63) is 59.2 Å². The molecular weight excluding hydrogens is 509 g/mol. The molecule has 0 aliphatic carbocycles. The van der Waals surface area contributed by atoms with Crippen LogP contribution >= 0.6 is 0 Å². The van der Waals surface area contributed by atoms with E-state index in [0.717, 1.165) is 11.0 Å². The fourth-order valence-electron chi connectivity index (χ4n) is 4.75. The second-order valence-corrected chi connectivity index (χ2v) is 9.04. The van der Waals surface area contributed by atoms with Crippen molar-refractivity contribution in [1.82, 2.24) is 21.0 Å². The molecule has 0 aromatic heterocycles. The molecule has 3 N–H and O–H groups in total. The van der Waals surface area contributed by atoms with Gasteiger partial charge in [0.2, 0.25) is 5.91 Å². The van der Waals surface area contributed by atoms with Crippen LogP contribution in [0.5, 0.6) is 0 Å². The quantitative estimate of drug-likeness (QED) is 0.544. The van der Waals surface area contributed by atoms with Gasteiger partial charge >= 0.3 is 24.3 Å². The number of rotatable bonds is 5. The number of carbonyl (C=O) groups is 4. The van der Waals surface area contributed by atoms with Gasteiger partial charge in [0, 0.05) is 31.0 Å². The van der Waals surface area contributed by atoms with E-state index >= 15 is 0 Å². The van der Waals surface area contributed by atoms with E-state index in [1.807, 2.05) is 0 Å². The summed E-state index contributed by atoms with van der Waals surface area (Å²) in [6.45, 7) is 1.72. The number of halogens is 3. The van der Waals surface area contributed by atoms with Crippen LogP contribution in [0.4, 0.5) is 38.9 Å². The van der Waals surface area contributed by atoms with Gasteiger partial charge in [-0.2, -0.15) is 13.2 Å². The molecule has 0 spiro atoms. The summed E-state index contributed by atoms with van der Waals surface area (Å²) in [6.07, 6.45) is -6.38. The summed E-state index contributed by atoms with van der Waals surface area (Å²) in [4.78, 5) is 59.0. The van der Waals surface area contributed by atoms with Crippen LogP contribution in [0.1, 0.15) is 16.7 Å². The summed E-state index contributed by atoms with van der Waals surface area (Å²) >= 11 is 0. The van der Waals surface area contributed by atoms with Crippen LogP contribution in [0.25, 0.3) is 0 Å². The van der Waals surface area contributed by atoms with Crippen molar-refractivity contribution >= 4 is 35.4 Å². The van der Waals surface area contributed by atoms with E-state index in [0.29, 0.717) is 24.5 Å². The fourth-order valence-corrected chi connectivity index (χ4v) is 4.75. The van der Waals surface area contributed by atoms with Gasteiger partial charge in [0.15, 0.2) is 0 Å². The predicted molar refractivity (Wildman–Crippen MR) is 127 cm³/mol. The molecule has 2 aromatic rings. The van der Waals surface area contributed by atoms with Crippen LogP contribution in [0.3, 0.4) is 0 Å². The van der Waals surface area contributed by atoms with E-state index in [1.54, 1.807) is 24.3 Å². The molecule has 5 rings (SSSR count). The Morgan fingerprint density at radius 3 is 2.26 bits per heavy atom. The Kier molecular flexibility index (Phi) is 6.34. The van der Waals surface area contributed by atoms with Crippen molar-refractivity contribution in [2.24, 2.45) is 5.92 Å². The van der Waals surface area contributed by atoms with Gasteiger partial charge in [-0.1, -0.05) is 12.1 Å². The van der Waals surface area contributed by atoms with Crippen molar-refractivity contribution < 1.29 is 37.2 Å². The summed E-state index contributed by atoms with van der Waals surface area (Å²) in [7, 11) is 0. The monoisotopic (exact) mass is 532 g/mol. The Morgan fingerprint density at radius 1 is 1.00 bits per heavy atom. The number of alkyl halides is 3. The number of hydrogen-bond donors (Lipinski definition) is 3. The number of hydrogen-bond acceptors (Lipinski definition) is 6. The molecule has 3 saturated heterocycles. The molecular formula is C24H23F3N6O5. The van der Waals surface area contributed by atoms with Crippen LogP contribution in [-0.2, 0) is 22.4 Å². The molecule has 38 heavy (non-hydrogen) atoms. The average Bonchev–Trinajstić information content (AvgIpc) is 3.50. The molecule has 200 valence electrons. The minimum absolute atomic E-state index is 0.0989. The summed E-state index contributed by atoms with van der Waals surface area (Å²) in [5.41, 5.74) is 2.62. The van der Waals surface area contributed by atoms with Crippen molar-refractivity contribution in [2.45, 2.75) is 25.8 Å². The van der Waals surface area contributed by atoms with Gasteiger partial charge in [0.1, 0.15) is 6.17 Å². The van der Waals surface area contributed by atoms with Crippen molar-refractivity contribution in [3.8, 4) is 0 Å². The van der Waals surface area contributed by atoms with Crippen LogP contribution in [0, 0.1) is 12.8 Å². The first-order chi connectivity index (χ1) is 18.0. The molecule has 0 radical (unpaired) electrons. The molecule has 0 bridgehead atoms. The third-order valence-electron chi connectivity index (χ3n) is 6.79.